The summed E-state index contributed by atoms with van der Waals surface area (Å²) in [6.45, 7) is 0. The van der Waals surface area contributed by atoms with Crippen molar-refractivity contribution >= 4 is 17.1 Å². The SMILES string of the molecule is COC(=O)CCCc1ccc2oc(=O)[nH]c2c1. The van der Waals surface area contributed by atoms with Crippen molar-refractivity contribution in [3.8, 4) is 0 Å². The van der Waals surface area contributed by atoms with Gasteiger partial charge in [0.2, 0.25) is 0 Å². The number of aromatic amines is 1. The van der Waals surface area contributed by atoms with Gasteiger partial charge in [0.25, 0.3) is 0 Å². The summed E-state index contributed by atoms with van der Waals surface area (Å²) in [5.41, 5.74) is 2.29. The van der Waals surface area contributed by atoms with Gasteiger partial charge in [0, 0.05) is 6.42 Å². The van der Waals surface area contributed by atoms with E-state index in [0.717, 1.165) is 18.4 Å². The van der Waals surface area contributed by atoms with E-state index < -0.39 is 5.76 Å². The van der Waals surface area contributed by atoms with Gasteiger partial charge in [0.05, 0.1) is 12.6 Å². The van der Waals surface area contributed by atoms with Crippen LogP contribution in [0.3, 0.4) is 0 Å². The zero-order valence-corrected chi connectivity index (χ0v) is 9.49. The van der Waals surface area contributed by atoms with Crippen LogP contribution >= 0.6 is 0 Å². The van der Waals surface area contributed by atoms with Crippen LogP contribution in [-0.2, 0) is 16.0 Å². The third kappa shape index (κ3) is 2.75. The van der Waals surface area contributed by atoms with Crippen LogP contribution < -0.4 is 5.76 Å². The van der Waals surface area contributed by atoms with Crippen LogP contribution in [0.2, 0.25) is 0 Å². The largest absolute Gasteiger partial charge is 0.469 e. The molecular formula is C12H13NO4. The zero-order valence-electron chi connectivity index (χ0n) is 9.49. The number of fused-ring (bicyclic) bond motifs is 1. The van der Waals surface area contributed by atoms with Gasteiger partial charge >= 0.3 is 11.7 Å². The number of rotatable bonds is 4. The molecule has 17 heavy (non-hydrogen) atoms. The third-order valence-electron chi connectivity index (χ3n) is 2.56. The Kier molecular flexibility index (Phi) is 3.27. The number of aryl methyl sites for hydroxylation is 1. The maximum atomic E-state index is 11.0. The molecule has 90 valence electrons. The predicted molar refractivity (Wildman–Crippen MR) is 61.8 cm³/mol. The Bertz CT molecular complexity index is 581. The molecule has 1 N–H and O–H groups in total. The topological polar surface area (TPSA) is 72.3 Å². The second-order valence-electron chi connectivity index (χ2n) is 3.77. The summed E-state index contributed by atoms with van der Waals surface area (Å²) < 4.78 is 9.46. The molecule has 0 aliphatic carbocycles. The molecular weight excluding hydrogens is 222 g/mol. The minimum Gasteiger partial charge on any atom is -0.469 e. The standard InChI is InChI=1S/C12H13NO4/c1-16-11(14)4-2-3-8-5-6-10-9(7-8)13-12(15)17-10/h5-7H,2-4H2,1H3,(H,13,15). The lowest BCUT2D eigenvalue weighted by Crippen LogP contribution is -2.00. The number of oxazole rings is 1. The van der Waals surface area contributed by atoms with Crippen molar-refractivity contribution in [3.63, 3.8) is 0 Å². The van der Waals surface area contributed by atoms with Crippen molar-refractivity contribution in [1.29, 1.82) is 0 Å². The summed E-state index contributed by atoms with van der Waals surface area (Å²) in [6, 6.07) is 5.49. The van der Waals surface area contributed by atoms with Crippen LogP contribution in [-0.4, -0.2) is 18.1 Å². The minimum atomic E-state index is -0.452. The fourth-order valence-corrected chi connectivity index (χ4v) is 1.69. The number of methoxy groups -OCH3 is 1. The van der Waals surface area contributed by atoms with Crippen LogP contribution in [0.15, 0.2) is 27.4 Å². The molecule has 0 saturated heterocycles. The number of nitrogens with one attached hydrogen (secondary N) is 1. The van der Waals surface area contributed by atoms with E-state index in [1.165, 1.54) is 7.11 Å². The van der Waals surface area contributed by atoms with Crippen molar-refractivity contribution in [2.24, 2.45) is 0 Å². The van der Waals surface area contributed by atoms with Gasteiger partial charge in [-0.1, -0.05) is 6.07 Å². The first-order valence-corrected chi connectivity index (χ1v) is 5.37. The lowest BCUT2D eigenvalue weighted by Gasteiger charge is -2.00. The maximum absolute atomic E-state index is 11.0. The highest BCUT2D eigenvalue weighted by Crippen LogP contribution is 2.14. The number of hydrogen-bond acceptors (Lipinski definition) is 4. The van der Waals surface area contributed by atoms with Crippen molar-refractivity contribution in [2.75, 3.05) is 7.11 Å². The summed E-state index contributed by atoms with van der Waals surface area (Å²) in [5.74, 6) is -0.658. The molecule has 5 nitrogen and oxygen atoms in total. The van der Waals surface area contributed by atoms with E-state index in [4.69, 9.17) is 4.42 Å². The van der Waals surface area contributed by atoms with E-state index in [1.807, 2.05) is 12.1 Å². The fourth-order valence-electron chi connectivity index (χ4n) is 1.69. The Hall–Kier alpha value is -2.04. The number of H-pyrrole nitrogens is 1. The first-order valence-electron chi connectivity index (χ1n) is 5.37. The van der Waals surface area contributed by atoms with E-state index in [-0.39, 0.29) is 5.97 Å². The summed E-state index contributed by atoms with van der Waals surface area (Å²) in [4.78, 5) is 24.5. The van der Waals surface area contributed by atoms with Crippen molar-refractivity contribution in [1.82, 2.24) is 4.98 Å². The minimum absolute atomic E-state index is 0.206. The van der Waals surface area contributed by atoms with Gasteiger partial charge in [-0.25, -0.2) is 4.79 Å². The molecule has 0 unspecified atom stereocenters. The summed E-state index contributed by atoms with van der Waals surface area (Å²) in [7, 11) is 1.38. The van der Waals surface area contributed by atoms with Crippen LogP contribution in [0.25, 0.3) is 11.1 Å². The molecule has 0 amide bonds. The van der Waals surface area contributed by atoms with Gasteiger partial charge in [-0.3, -0.25) is 9.78 Å². The van der Waals surface area contributed by atoms with E-state index >= 15 is 0 Å². The molecule has 1 aromatic carbocycles. The number of esters is 1. The Morgan fingerprint density at radius 2 is 2.29 bits per heavy atom. The Balaban J connectivity index is 2.04. The van der Waals surface area contributed by atoms with Gasteiger partial charge < -0.3 is 9.15 Å². The zero-order chi connectivity index (χ0) is 12.3. The number of carbonyl (C=O) groups is 1. The monoisotopic (exact) mass is 235 g/mol. The molecule has 0 radical (unpaired) electrons. The first-order chi connectivity index (χ1) is 8.19. The molecule has 0 atom stereocenters. The highest BCUT2D eigenvalue weighted by Gasteiger charge is 2.04. The van der Waals surface area contributed by atoms with Crippen LogP contribution in [0.5, 0.6) is 0 Å². The van der Waals surface area contributed by atoms with Gasteiger partial charge in [-0.05, 0) is 30.5 Å². The van der Waals surface area contributed by atoms with E-state index in [0.29, 0.717) is 17.5 Å². The quantitative estimate of drug-likeness (QED) is 0.817. The Labute approximate surface area is 97.4 Å². The molecule has 0 aliphatic rings. The molecule has 5 heteroatoms. The predicted octanol–water partition coefficient (Wildman–Crippen LogP) is 1.62. The van der Waals surface area contributed by atoms with Gasteiger partial charge in [0.1, 0.15) is 0 Å². The molecule has 2 rings (SSSR count). The number of carbonyl (C=O) groups excluding carboxylic acids is 1. The smallest absolute Gasteiger partial charge is 0.417 e. The number of aromatic nitrogens is 1. The lowest BCUT2D eigenvalue weighted by molar-refractivity contribution is -0.140. The molecule has 2 aromatic rings. The van der Waals surface area contributed by atoms with Crippen molar-refractivity contribution in [3.05, 3.63) is 34.3 Å². The average molecular weight is 235 g/mol. The molecule has 1 heterocycles. The summed E-state index contributed by atoms with van der Waals surface area (Å²) in [6.07, 6.45) is 1.88. The Morgan fingerprint density at radius 3 is 3.06 bits per heavy atom. The number of benzene rings is 1. The highest BCUT2D eigenvalue weighted by molar-refractivity contribution is 5.72. The van der Waals surface area contributed by atoms with Gasteiger partial charge in [-0.15, -0.1) is 0 Å². The summed E-state index contributed by atoms with van der Waals surface area (Å²) >= 11 is 0. The maximum Gasteiger partial charge on any atom is 0.417 e. The van der Waals surface area contributed by atoms with E-state index in [2.05, 4.69) is 9.72 Å². The Morgan fingerprint density at radius 1 is 1.47 bits per heavy atom. The normalized spacial score (nSPS) is 10.6. The average Bonchev–Trinajstić information content (AvgIpc) is 2.68. The third-order valence-corrected chi connectivity index (χ3v) is 2.56. The van der Waals surface area contributed by atoms with Crippen LogP contribution in [0, 0.1) is 0 Å². The lowest BCUT2D eigenvalue weighted by atomic mass is 10.1. The van der Waals surface area contributed by atoms with E-state index in [1.54, 1.807) is 6.07 Å². The van der Waals surface area contributed by atoms with Crippen LogP contribution in [0.4, 0.5) is 0 Å². The highest BCUT2D eigenvalue weighted by atomic mass is 16.5. The fraction of sp³-hybridized carbons (Fsp3) is 0.333. The summed E-state index contributed by atoms with van der Waals surface area (Å²) in [5, 5.41) is 0. The first kappa shape index (κ1) is 11.4. The molecule has 0 fully saturated rings. The van der Waals surface area contributed by atoms with Gasteiger partial charge in [0.15, 0.2) is 5.58 Å². The van der Waals surface area contributed by atoms with E-state index in [9.17, 15) is 9.59 Å². The van der Waals surface area contributed by atoms with Crippen molar-refractivity contribution < 1.29 is 13.9 Å². The molecule has 1 aromatic heterocycles. The molecule has 0 saturated carbocycles. The number of hydrogen-bond donors (Lipinski definition) is 1. The second-order valence-corrected chi connectivity index (χ2v) is 3.77. The molecule has 0 aliphatic heterocycles. The molecule has 0 spiro atoms. The van der Waals surface area contributed by atoms with Crippen molar-refractivity contribution in [2.45, 2.75) is 19.3 Å². The van der Waals surface area contributed by atoms with Crippen LogP contribution in [0.1, 0.15) is 18.4 Å². The second kappa shape index (κ2) is 4.86. The molecule has 0 bridgehead atoms. The number of ether oxygens (including phenoxy) is 1. The van der Waals surface area contributed by atoms with Gasteiger partial charge in [-0.2, -0.15) is 0 Å².